The first-order valence-electron chi connectivity index (χ1n) is 14.2. The minimum atomic E-state index is -3.82. The Bertz CT molecular complexity index is 713. The summed E-state index contributed by atoms with van der Waals surface area (Å²) in [6, 6.07) is 8.95. The van der Waals surface area contributed by atoms with E-state index in [-0.39, 0.29) is 32.8 Å². The summed E-state index contributed by atoms with van der Waals surface area (Å²) in [6.07, 6.45) is 8.67. The summed E-state index contributed by atoms with van der Waals surface area (Å²) in [5, 5.41) is 9.56. The maximum atomic E-state index is 14.0. The van der Waals surface area contributed by atoms with Gasteiger partial charge < -0.3 is 23.6 Å². The SMILES string of the molecule is CCCCC(CC)COCCOP(=O)(OCCOCC(CC)CCCC)C(CC(=O)O)c1ccccc1. The van der Waals surface area contributed by atoms with Crippen LogP contribution in [0, 0.1) is 11.8 Å². The van der Waals surface area contributed by atoms with E-state index in [1.807, 2.05) is 6.07 Å². The Morgan fingerprint density at radius 2 is 1.30 bits per heavy atom. The molecule has 3 unspecified atom stereocenters. The fourth-order valence-electron chi connectivity index (χ4n) is 4.21. The molecule has 214 valence electrons. The molecule has 0 radical (unpaired) electrons. The number of benzene rings is 1. The molecule has 8 heteroatoms. The average Bonchev–Trinajstić information content (AvgIpc) is 2.90. The third-order valence-electron chi connectivity index (χ3n) is 6.73. The van der Waals surface area contributed by atoms with Gasteiger partial charge in [-0.3, -0.25) is 9.36 Å². The summed E-state index contributed by atoms with van der Waals surface area (Å²) in [5.41, 5.74) is -0.293. The molecule has 0 aromatic heterocycles. The summed E-state index contributed by atoms with van der Waals surface area (Å²) in [7, 11) is -3.82. The summed E-state index contributed by atoms with van der Waals surface area (Å²) >= 11 is 0. The molecule has 0 saturated heterocycles. The van der Waals surface area contributed by atoms with Crippen molar-refractivity contribution in [1.29, 1.82) is 0 Å². The molecule has 7 nitrogen and oxygen atoms in total. The van der Waals surface area contributed by atoms with Gasteiger partial charge in [0.05, 0.1) is 38.5 Å². The van der Waals surface area contributed by atoms with Gasteiger partial charge in [-0.1, -0.05) is 96.6 Å². The van der Waals surface area contributed by atoms with Gasteiger partial charge in [-0.15, -0.1) is 0 Å². The number of carbonyl (C=O) groups is 1. The van der Waals surface area contributed by atoms with Crippen molar-refractivity contribution in [1.82, 2.24) is 0 Å². The highest BCUT2D eigenvalue weighted by molar-refractivity contribution is 7.54. The second-order valence-corrected chi connectivity index (χ2v) is 11.9. The van der Waals surface area contributed by atoms with Gasteiger partial charge in [0.2, 0.25) is 0 Å². The van der Waals surface area contributed by atoms with E-state index < -0.39 is 19.2 Å². The third-order valence-corrected chi connectivity index (χ3v) is 9.05. The molecule has 0 aliphatic carbocycles. The number of carboxylic acid groups (broad SMARTS) is 1. The molecule has 0 heterocycles. The fourth-order valence-corrected chi connectivity index (χ4v) is 6.22. The smallest absolute Gasteiger partial charge is 0.338 e. The van der Waals surface area contributed by atoms with Crippen LogP contribution in [-0.4, -0.2) is 50.7 Å². The fraction of sp³-hybridized carbons (Fsp3) is 0.759. The van der Waals surface area contributed by atoms with Crippen molar-refractivity contribution < 1.29 is 33.0 Å². The zero-order chi connectivity index (χ0) is 27.4. The molecule has 1 aromatic rings. The van der Waals surface area contributed by atoms with Crippen LogP contribution in [0.3, 0.4) is 0 Å². The molecule has 1 N–H and O–H groups in total. The van der Waals surface area contributed by atoms with Crippen LogP contribution < -0.4 is 0 Å². The van der Waals surface area contributed by atoms with Gasteiger partial charge in [0, 0.05) is 13.2 Å². The Kier molecular flexibility index (Phi) is 18.9. The maximum absolute atomic E-state index is 14.0. The Morgan fingerprint density at radius 3 is 1.70 bits per heavy atom. The largest absolute Gasteiger partial charge is 0.481 e. The van der Waals surface area contributed by atoms with Crippen molar-refractivity contribution >= 4 is 13.6 Å². The molecule has 0 spiro atoms. The molecule has 37 heavy (non-hydrogen) atoms. The van der Waals surface area contributed by atoms with Crippen LogP contribution in [0.2, 0.25) is 0 Å². The van der Waals surface area contributed by atoms with Crippen molar-refractivity contribution in [2.24, 2.45) is 11.8 Å². The van der Waals surface area contributed by atoms with Gasteiger partial charge in [-0.2, -0.15) is 0 Å². The van der Waals surface area contributed by atoms with E-state index >= 15 is 0 Å². The molecule has 3 atom stereocenters. The number of carboxylic acids is 1. The summed E-state index contributed by atoms with van der Waals surface area (Å²) in [6.45, 7) is 10.6. The zero-order valence-electron chi connectivity index (χ0n) is 23.6. The minimum absolute atomic E-state index is 0.0697. The average molecular weight is 543 g/mol. The van der Waals surface area contributed by atoms with Crippen molar-refractivity contribution in [2.75, 3.05) is 39.6 Å². The number of ether oxygens (including phenoxy) is 2. The highest BCUT2D eigenvalue weighted by Crippen LogP contribution is 2.62. The van der Waals surface area contributed by atoms with E-state index in [0.717, 1.165) is 38.5 Å². The number of hydrogen-bond acceptors (Lipinski definition) is 6. The lowest BCUT2D eigenvalue weighted by molar-refractivity contribution is -0.137. The predicted molar refractivity (Wildman–Crippen MR) is 149 cm³/mol. The molecule has 0 saturated carbocycles. The topological polar surface area (TPSA) is 91.3 Å². The van der Waals surface area contributed by atoms with Crippen molar-refractivity contribution in [3.05, 3.63) is 35.9 Å². The van der Waals surface area contributed by atoms with Crippen molar-refractivity contribution in [3.8, 4) is 0 Å². The number of aliphatic carboxylic acids is 1. The first-order valence-corrected chi connectivity index (χ1v) is 15.8. The van der Waals surface area contributed by atoms with E-state index in [1.165, 1.54) is 12.8 Å². The van der Waals surface area contributed by atoms with Crippen LogP contribution in [-0.2, 0) is 27.9 Å². The minimum Gasteiger partial charge on any atom is -0.481 e. The van der Waals surface area contributed by atoms with E-state index in [0.29, 0.717) is 30.6 Å². The normalized spacial score (nSPS) is 15.7. The quantitative estimate of drug-likeness (QED) is 0.105. The van der Waals surface area contributed by atoms with Crippen molar-refractivity contribution in [2.45, 2.75) is 91.1 Å². The van der Waals surface area contributed by atoms with Gasteiger partial charge in [0.15, 0.2) is 0 Å². The highest BCUT2D eigenvalue weighted by atomic mass is 31.2. The predicted octanol–water partition coefficient (Wildman–Crippen LogP) is 7.89. The Morgan fingerprint density at radius 1 is 0.811 bits per heavy atom. The number of hydrogen-bond donors (Lipinski definition) is 1. The monoisotopic (exact) mass is 542 g/mol. The Labute approximate surface area is 225 Å². The standard InChI is InChI=1S/C29H51O7P/c1-5-9-14-25(7-3)23-33-18-20-35-37(32,28(22-29(30)31)27-16-12-11-13-17-27)36-21-19-34-24-26(8-4)15-10-6-2/h11-13,16-17,25-26,28H,5-10,14-15,18-24H2,1-4H3,(H,30,31). The summed E-state index contributed by atoms with van der Waals surface area (Å²) < 4.78 is 37.3. The van der Waals surface area contributed by atoms with Gasteiger partial charge in [0.25, 0.3) is 0 Å². The first-order chi connectivity index (χ1) is 17.9. The molecule has 0 fully saturated rings. The second kappa shape index (κ2) is 20.7. The van der Waals surface area contributed by atoms with Crippen LogP contribution in [0.25, 0.3) is 0 Å². The molecule has 0 bridgehead atoms. The van der Waals surface area contributed by atoms with E-state index in [2.05, 4.69) is 27.7 Å². The van der Waals surface area contributed by atoms with Gasteiger partial charge in [0.1, 0.15) is 0 Å². The van der Waals surface area contributed by atoms with E-state index in [9.17, 15) is 14.5 Å². The first kappa shape index (κ1) is 33.8. The molecule has 1 aromatic carbocycles. The van der Waals surface area contributed by atoms with Gasteiger partial charge in [-0.25, -0.2) is 0 Å². The third kappa shape index (κ3) is 14.5. The molecule has 1 rings (SSSR count). The number of unbranched alkanes of at least 4 members (excludes halogenated alkanes) is 2. The highest BCUT2D eigenvalue weighted by Gasteiger charge is 2.39. The van der Waals surface area contributed by atoms with E-state index in [1.54, 1.807) is 24.3 Å². The lowest BCUT2D eigenvalue weighted by atomic mass is 10.0. The number of rotatable bonds is 24. The van der Waals surface area contributed by atoms with Crippen molar-refractivity contribution in [3.63, 3.8) is 0 Å². The zero-order valence-corrected chi connectivity index (χ0v) is 24.5. The molecule has 0 aliphatic heterocycles. The second-order valence-electron chi connectivity index (χ2n) is 9.71. The molecule has 0 aliphatic rings. The lowest BCUT2D eigenvalue weighted by Crippen LogP contribution is -2.17. The van der Waals surface area contributed by atoms with Crippen LogP contribution in [0.1, 0.15) is 96.7 Å². The molecular formula is C29H51O7P. The maximum Gasteiger partial charge on any atom is 0.338 e. The van der Waals surface area contributed by atoms with Crippen LogP contribution in [0.4, 0.5) is 0 Å². The Hall–Kier alpha value is -1.24. The van der Waals surface area contributed by atoms with Crippen LogP contribution in [0.15, 0.2) is 30.3 Å². The van der Waals surface area contributed by atoms with E-state index in [4.69, 9.17) is 18.5 Å². The Balaban J connectivity index is 2.78. The molecule has 0 amide bonds. The van der Waals surface area contributed by atoms with Gasteiger partial charge >= 0.3 is 13.6 Å². The van der Waals surface area contributed by atoms with Gasteiger partial charge in [-0.05, 0) is 30.2 Å². The lowest BCUT2D eigenvalue weighted by Gasteiger charge is -2.27. The van der Waals surface area contributed by atoms with Crippen LogP contribution >= 0.6 is 7.60 Å². The summed E-state index contributed by atoms with van der Waals surface area (Å²) in [5.74, 6) is -0.0702. The molecular weight excluding hydrogens is 491 g/mol. The van der Waals surface area contributed by atoms with Crippen LogP contribution in [0.5, 0.6) is 0 Å². The summed E-state index contributed by atoms with van der Waals surface area (Å²) in [4.78, 5) is 11.7.